The van der Waals surface area contributed by atoms with Gasteiger partial charge in [0.25, 0.3) is 0 Å². The van der Waals surface area contributed by atoms with Crippen molar-refractivity contribution in [2.24, 2.45) is 5.73 Å². The topological polar surface area (TPSA) is 58.4 Å². The van der Waals surface area contributed by atoms with Crippen molar-refractivity contribution < 1.29 is 4.79 Å². The average molecular weight is 247 g/mol. The van der Waals surface area contributed by atoms with Gasteiger partial charge >= 0.3 is 0 Å². The van der Waals surface area contributed by atoms with E-state index >= 15 is 0 Å². The zero-order chi connectivity index (χ0) is 13.1. The van der Waals surface area contributed by atoms with Crippen LogP contribution in [0.4, 0.5) is 5.69 Å². The van der Waals surface area contributed by atoms with Crippen molar-refractivity contribution in [3.05, 3.63) is 29.3 Å². The highest BCUT2D eigenvalue weighted by atomic mass is 16.1. The van der Waals surface area contributed by atoms with E-state index < -0.39 is 0 Å². The Bertz CT molecular complexity index is 445. The van der Waals surface area contributed by atoms with Crippen LogP contribution >= 0.6 is 0 Å². The molecule has 3 N–H and O–H groups in total. The van der Waals surface area contributed by atoms with Crippen LogP contribution in [0, 0.1) is 0 Å². The molecular formula is C14H21N3O. The molecule has 18 heavy (non-hydrogen) atoms. The van der Waals surface area contributed by atoms with E-state index in [1.54, 1.807) is 0 Å². The van der Waals surface area contributed by atoms with E-state index in [0.29, 0.717) is 6.42 Å². The van der Waals surface area contributed by atoms with Gasteiger partial charge in [-0.3, -0.25) is 4.79 Å². The zero-order valence-electron chi connectivity index (χ0n) is 11.1. The average Bonchev–Trinajstić information content (AvgIpc) is 2.67. The number of nitrogens with one attached hydrogen (secondary N) is 1. The number of nitrogens with two attached hydrogens (primary N) is 1. The summed E-state index contributed by atoms with van der Waals surface area (Å²) in [6.07, 6.45) is 1.50. The van der Waals surface area contributed by atoms with Crippen molar-refractivity contribution in [3.8, 4) is 0 Å². The lowest BCUT2D eigenvalue weighted by Crippen LogP contribution is -2.30. The third kappa shape index (κ3) is 3.01. The summed E-state index contributed by atoms with van der Waals surface area (Å²) in [5.74, 6) is -0.259. The number of hydrogen-bond acceptors (Lipinski definition) is 3. The van der Waals surface area contributed by atoms with E-state index in [9.17, 15) is 4.79 Å². The molecule has 1 aromatic carbocycles. The molecule has 0 spiro atoms. The van der Waals surface area contributed by atoms with Crippen molar-refractivity contribution >= 4 is 11.6 Å². The van der Waals surface area contributed by atoms with E-state index in [4.69, 9.17) is 5.73 Å². The molecule has 1 unspecified atom stereocenters. The Labute approximate surface area is 108 Å². The van der Waals surface area contributed by atoms with Crippen molar-refractivity contribution in [1.82, 2.24) is 5.32 Å². The fraction of sp³-hybridized carbons (Fsp3) is 0.500. The van der Waals surface area contributed by atoms with Gasteiger partial charge in [0.15, 0.2) is 0 Å². The minimum Gasteiger partial charge on any atom is -0.374 e. The first-order valence-corrected chi connectivity index (χ1v) is 6.41. The molecule has 4 nitrogen and oxygen atoms in total. The largest absolute Gasteiger partial charge is 0.374 e. The van der Waals surface area contributed by atoms with Crippen molar-refractivity contribution in [2.45, 2.75) is 32.4 Å². The molecule has 0 radical (unpaired) electrons. The highest BCUT2D eigenvalue weighted by Crippen LogP contribution is 2.27. The van der Waals surface area contributed by atoms with Gasteiger partial charge in [-0.25, -0.2) is 0 Å². The molecule has 0 aliphatic carbocycles. The first-order valence-electron chi connectivity index (χ1n) is 6.41. The second kappa shape index (κ2) is 5.40. The lowest BCUT2D eigenvalue weighted by Gasteiger charge is -2.14. The number of anilines is 1. The number of nitrogens with zero attached hydrogens (tertiary/aromatic N) is 1. The second-order valence-corrected chi connectivity index (χ2v) is 5.09. The van der Waals surface area contributed by atoms with Crippen LogP contribution in [0.15, 0.2) is 18.2 Å². The summed E-state index contributed by atoms with van der Waals surface area (Å²) in [6, 6.07) is 6.70. The van der Waals surface area contributed by atoms with E-state index in [-0.39, 0.29) is 11.9 Å². The zero-order valence-corrected chi connectivity index (χ0v) is 11.1. The van der Waals surface area contributed by atoms with Crippen molar-refractivity contribution in [2.75, 3.05) is 18.5 Å². The Kier molecular flexibility index (Phi) is 3.87. The molecular weight excluding hydrogens is 226 g/mol. The van der Waals surface area contributed by atoms with Gasteiger partial charge in [-0.1, -0.05) is 12.1 Å². The number of likely N-dealkylation sites (N-methyl/N-ethyl adjacent to an activating group) is 1. The molecule has 1 aromatic rings. The number of fused-ring (bicyclic) bond motifs is 1. The summed E-state index contributed by atoms with van der Waals surface area (Å²) in [5.41, 5.74) is 9.18. The third-order valence-corrected chi connectivity index (χ3v) is 3.43. The lowest BCUT2D eigenvalue weighted by atomic mass is 10.1. The SMILES string of the molecule is CC(CC(N)=O)NCc1ccc2c(c1)CCN2C. The Balaban J connectivity index is 1.93. The van der Waals surface area contributed by atoms with Crippen LogP contribution in [-0.2, 0) is 17.8 Å². The van der Waals surface area contributed by atoms with Gasteiger partial charge in [0.2, 0.25) is 5.91 Å². The molecule has 1 atom stereocenters. The smallest absolute Gasteiger partial charge is 0.218 e. The molecule has 0 aromatic heterocycles. The van der Waals surface area contributed by atoms with Gasteiger partial charge in [-0.05, 0) is 30.5 Å². The van der Waals surface area contributed by atoms with Gasteiger partial charge in [-0.15, -0.1) is 0 Å². The van der Waals surface area contributed by atoms with E-state index in [2.05, 4.69) is 35.5 Å². The van der Waals surface area contributed by atoms with Gasteiger partial charge in [-0.2, -0.15) is 0 Å². The number of benzene rings is 1. The normalized spacial score (nSPS) is 15.6. The standard InChI is InChI=1S/C14H21N3O/c1-10(7-14(15)18)16-9-11-3-4-13-12(8-11)5-6-17(13)2/h3-4,8,10,16H,5-7,9H2,1-2H3,(H2,15,18). The molecule has 0 bridgehead atoms. The Morgan fingerprint density at radius 2 is 2.33 bits per heavy atom. The molecule has 1 amide bonds. The number of carbonyl (C=O) groups excluding carboxylic acids is 1. The van der Waals surface area contributed by atoms with Gasteiger partial charge < -0.3 is 16.0 Å². The van der Waals surface area contributed by atoms with Crippen LogP contribution in [0.3, 0.4) is 0 Å². The minimum absolute atomic E-state index is 0.124. The minimum atomic E-state index is -0.259. The summed E-state index contributed by atoms with van der Waals surface area (Å²) < 4.78 is 0. The van der Waals surface area contributed by atoms with Crippen LogP contribution in [0.2, 0.25) is 0 Å². The van der Waals surface area contributed by atoms with Gasteiger partial charge in [0, 0.05) is 38.3 Å². The number of amides is 1. The van der Waals surface area contributed by atoms with E-state index in [1.165, 1.54) is 16.8 Å². The van der Waals surface area contributed by atoms with Crippen molar-refractivity contribution in [1.29, 1.82) is 0 Å². The highest BCUT2D eigenvalue weighted by Gasteiger charge is 2.15. The Hall–Kier alpha value is -1.55. The maximum Gasteiger partial charge on any atom is 0.218 e. The van der Waals surface area contributed by atoms with Crippen LogP contribution in [0.25, 0.3) is 0 Å². The molecule has 98 valence electrons. The maximum atomic E-state index is 10.8. The monoisotopic (exact) mass is 247 g/mol. The summed E-state index contributed by atoms with van der Waals surface area (Å²) in [7, 11) is 2.12. The third-order valence-electron chi connectivity index (χ3n) is 3.43. The molecule has 0 saturated carbocycles. The van der Waals surface area contributed by atoms with Crippen LogP contribution in [0.1, 0.15) is 24.5 Å². The number of carbonyl (C=O) groups is 1. The van der Waals surface area contributed by atoms with Gasteiger partial charge in [0.05, 0.1) is 0 Å². The maximum absolute atomic E-state index is 10.8. The molecule has 0 saturated heterocycles. The molecule has 2 rings (SSSR count). The first-order chi connectivity index (χ1) is 8.56. The molecule has 1 aliphatic heterocycles. The fourth-order valence-corrected chi connectivity index (χ4v) is 2.40. The predicted octanol–water partition coefficient (Wildman–Crippen LogP) is 1.03. The number of primary amides is 1. The number of hydrogen-bond donors (Lipinski definition) is 2. The highest BCUT2D eigenvalue weighted by molar-refractivity contribution is 5.74. The van der Waals surface area contributed by atoms with Gasteiger partial charge in [0.1, 0.15) is 0 Å². The van der Waals surface area contributed by atoms with Crippen LogP contribution in [0.5, 0.6) is 0 Å². The van der Waals surface area contributed by atoms with Crippen LogP contribution < -0.4 is 16.0 Å². The lowest BCUT2D eigenvalue weighted by molar-refractivity contribution is -0.118. The summed E-state index contributed by atoms with van der Waals surface area (Å²) in [4.78, 5) is 13.1. The molecule has 4 heteroatoms. The predicted molar refractivity (Wildman–Crippen MR) is 73.5 cm³/mol. The fourth-order valence-electron chi connectivity index (χ4n) is 2.40. The quantitative estimate of drug-likeness (QED) is 0.817. The second-order valence-electron chi connectivity index (χ2n) is 5.09. The summed E-state index contributed by atoms with van der Waals surface area (Å²) in [5, 5.41) is 3.32. The Morgan fingerprint density at radius 1 is 1.56 bits per heavy atom. The molecule has 0 fully saturated rings. The molecule has 1 aliphatic rings. The summed E-state index contributed by atoms with van der Waals surface area (Å²) >= 11 is 0. The van der Waals surface area contributed by atoms with E-state index in [1.807, 2.05) is 6.92 Å². The number of rotatable bonds is 5. The summed E-state index contributed by atoms with van der Waals surface area (Å²) in [6.45, 7) is 3.86. The molecule has 1 heterocycles. The Morgan fingerprint density at radius 3 is 3.06 bits per heavy atom. The first kappa shape index (κ1) is 12.9. The van der Waals surface area contributed by atoms with E-state index in [0.717, 1.165) is 19.5 Å². The van der Waals surface area contributed by atoms with Crippen molar-refractivity contribution in [3.63, 3.8) is 0 Å². The van der Waals surface area contributed by atoms with Crippen LogP contribution in [-0.4, -0.2) is 25.5 Å².